The van der Waals surface area contributed by atoms with Crippen molar-refractivity contribution >= 4 is 11.8 Å². The summed E-state index contributed by atoms with van der Waals surface area (Å²) >= 11 is 0. The molecule has 0 radical (unpaired) electrons. The zero-order chi connectivity index (χ0) is 14.6. The average Bonchev–Trinajstić information content (AvgIpc) is 2.82. The number of halogens is 3. The number of anilines is 1. The van der Waals surface area contributed by atoms with Gasteiger partial charge in [0.1, 0.15) is 11.9 Å². The number of carbonyl (C=O) groups excluding carboxylic acids is 1. The van der Waals surface area contributed by atoms with Crippen LogP contribution in [0.2, 0.25) is 0 Å². The van der Waals surface area contributed by atoms with Crippen LogP contribution >= 0.6 is 0 Å². The smallest absolute Gasteiger partial charge is 0.446 e. The summed E-state index contributed by atoms with van der Waals surface area (Å²) in [5.74, 6) is -0.341. The van der Waals surface area contributed by atoms with E-state index in [1.54, 1.807) is 0 Å². The van der Waals surface area contributed by atoms with Crippen LogP contribution in [0.25, 0.3) is 0 Å². The van der Waals surface area contributed by atoms with Gasteiger partial charge in [-0.25, -0.2) is 4.79 Å². The number of ether oxygens (including phenoxy) is 2. The van der Waals surface area contributed by atoms with E-state index in [0.29, 0.717) is 5.69 Å². The number of alkyl halides is 3. The third-order valence-corrected chi connectivity index (χ3v) is 2.91. The van der Waals surface area contributed by atoms with Crippen LogP contribution in [0.15, 0.2) is 24.3 Å². The monoisotopic (exact) mass is 289 g/mol. The van der Waals surface area contributed by atoms with E-state index >= 15 is 0 Å². The summed E-state index contributed by atoms with van der Waals surface area (Å²) in [4.78, 5) is 11.5. The molecule has 1 aromatic rings. The van der Waals surface area contributed by atoms with Crippen LogP contribution in [-0.2, 0) is 4.74 Å². The highest BCUT2D eigenvalue weighted by Crippen LogP contribution is 2.24. The second-order valence-corrected chi connectivity index (χ2v) is 4.51. The van der Waals surface area contributed by atoms with Gasteiger partial charge in [-0.3, -0.25) is 5.32 Å². The van der Waals surface area contributed by atoms with Gasteiger partial charge in [0, 0.05) is 5.69 Å². The van der Waals surface area contributed by atoms with Crippen LogP contribution < -0.4 is 10.1 Å². The molecular formula is C13H14F3NO3. The van der Waals surface area contributed by atoms with Gasteiger partial charge in [-0.05, 0) is 49.9 Å². The molecule has 4 nitrogen and oxygen atoms in total. The van der Waals surface area contributed by atoms with E-state index in [-0.39, 0.29) is 11.9 Å². The average molecular weight is 289 g/mol. The van der Waals surface area contributed by atoms with Crippen molar-refractivity contribution in [2.75, 3.05) is 5.32 Å². The number of rotatable bonds is 3. The summed E-state index contributed by atoms with van der Waals surface area (Å²) in [6.45, 7) is 0. The number of benzene rings is 1. The van der Waals surface area contributed by atoms with Crippen LogP contribution in [-0.4, -0.2) is 18.6 Å². The zero-order valence-corrected chi connectivity index (χ0v) is 10.6. The first-order valence-corrected chi connectivity index (χ1v) is 6.26. The molecule has 1 saturated carbocycles. The van der Waals surface area contributed by atoms with Crippen LogP contribution in [0.4, 0.5) is 23.7 Å². The normalized spacial score (nSPS) is 15.9. The Morgan fingerprint density at radius 1 is 1.15 bits per heavy atom. The van der Waals surface area contributed by atoms with E-state index in [1.165, 1.54) is 12.1 Å². The number of nitrogens with one attached hydrogen (secondary N) is 1. The lowest BCUT2D eigenvalue weighted by Crippen LogP contribution is -2.20. The van der Waals surface area contributed by atoms with Gasteiger partial charge in [0.2, 0.25) is 0 Å². The van der Waals surface area contributed by atoms with E-state index in [9.17, 15) is 18.0 Å². The lowest BCUT2D eigenvalue weighted by molar-refractivity contribution is -0.274. The second kappa shape index (κ2) is 6.02. The second-order valence-electron chi connectivity index (χ2n) is 4.51. The molecule has 0 atom stereocenters. The Morgan fingerprint density at radius 2 is 1.75 bits per heavy atom. The van der Waals surface area contributed by atoms with Gasteiger partial charge in [-0.15, -0.1) is 13.2 Å². The van der Waals surface area contributed by atoms with Crippen LogP contribution in [0, 0.1) is 0 Å². The van der Waals surface area contributed by atoms with Crippen molar-refractivity contribution < 1.29 is 27.4 Å². The molecule has 7 heteroatoms. The molecule has 1 aromatic carbocycles. The molecule has 0 heterocycles. The summed E-state index contributed by atoms with van der Waals surface area (Å²) in [6, 6.07) is 4.88. The number of amides is 1. The molecule has 0 aliphatic heterocycles. The molecule has 1 aliphatic carbocycles. The zero-order valence-electron chi connectivity index (χ0n) is 10.6. The maximum Gasteiger partial charge on any atom is 0.573 e. The maximum atomic E-state index is 12.0. The Hall–Kier alpha value is -1.92. The number of hydrogen-bond donors (Lipinski definition) is 1. The van der Waals surface area contributed by atoms with Crippen LogP contribution in [0.3, 0.4) is 0 Å². The molecule has 110 valence electrons. The lowest BCUT2D eigenvalue weighted by atomic mass is 10.3. The van der Waals surface area contributed by atoms with Crippen molar-refractivity contribution in [2.45, 2.75) is 38.1 Å². The molecule has 1 fully saturated rings. The summed E-state index contributed by atoms with van der Waals surface area (Å²) < 4.78 is 44.8. The van der Waals surface area contributed by atoms with Crippen LogP contribution in [0.5, 0.6) is 5.75 Å². The topological polar surface area (TPSA) is 47.6 Å². The highest BCUT2D eigenvalue weighted by molar-refractivity contribution is 5.84. The SMILES string of the molecule is O=C(Nc1ccc(OC(F)(F)F)cc1)OC1CCCC1. The minimum atomic E-state index is -4.73. The Morgan fingerprint density at radius 3 is 2.30 bits per heavy atom. The summed E-state index contributed by atoms with van der Waals surface area (Å²) in [6.07, 6.45) is -1.60. The molecule has 1 N–H and O–H groups in total. The predicted molar refractivity (Wildman–Crippen MR) is 65.5 cm³/mol. The van der Waals surface area contributed by atoms with Gasteiger partial charge in [0.05, 0.1) is 0 Å². The molecule has 0 saturated heterocycles. The molecule has 0 unspecified atom stereocenters. The molecular weight excluding hydrogens is 275 g/mol. The highest BCUT2D eigenvalue weighted by Gasteiger charge is 2.31. The van der Waals surface area contributed by atoms with Crippen molar-refractivity contribution in [3.63, 3.8) is 0 Å². The van der Waals surface area contributed by atoms with Gasteiger partial charge >= 0.3 is 12.5 Å². The van der Waals surface area contributed by atoms with Gasteiger partial charge in [0.15, 0.2) is 0 Å². The Kier molecular flexibility index (Phi) is 4.36. The van der Waals surface area contributed by atoms with Crippen molar-refractivity contribution in [3.8, 4) is 5.75 Å². The molecule has 20 heavy (non-hydrogen) atoms. The fourth-order valence-electron chi connectivity index (χ4n) is 2.04. The maximum absolute atomic E-state index is 12.0. The van der Waals surface area contributed by atoms with Crippen molar-refractivity contribution in [3.05, 3.63) is 24.3 Å². The first-order chi connectivity index (χ1) is 9.42. The fraction of sp³-hybridized carbons (Fsp3) is 0.462. The Bertz CT molecular complexity index is 453. The first kappa shape index (κ1) is 14.5. The van der Waals surface area contributed by atoms with Crippen LogP contribution in [0.1, 0.15) is 25.7 Å². The summed E-state index contributed by atoms with van der Waals surface area (Å²) in [5.41, 5.74) is 0.350. The molecule has 0 bridgehead atoms. The van der Waals surface area contributed by atoms with E-state index < -0.39 is 12.5 Å². The standard InChI is InChI=1S/C13H14F3NO3/c14-13(15,16)20-11-7-5-9(6-8-11)17-12(18)19-10-3-1-2-4-10/h5-8,10H,1-4H2,(H,17,18). The van der Waals surface area contributed by atoms with Gasteiger partial charge in [-0.1, -0.05) is 0 Å². The van der Waals surface area contributed by atoms with E-state index in [4.69, 9.17) is 4.74 Å². The minimum Gasteiger partial charge on any atom is -0.446 e. The van der Waals surface area contributed by atoms with E-state index in [1.807, 2.05) is 0 Å². The lowest BCUT2D eigenvalue weighted by Gasteiger charge is -2.13. The van der Waals surface area contributed by atoms with E-state index in [0.717, 1.165) is 37.8 Å². The van der Waals surface area contributed by atoms with Gasteiger partial charge < -0.3 is 9.47 Å². The first-order valence-electron chi connectivity index (χ1n) is 6.26. The largest absolute Gasteiger partial charge is 0.573 e. The summed E-state index contributed by atoms with van der Waals surface area (Å²) in [7, 11) is 0. The highest BCUT2D eigenvalue weighted by atomic mass is 19.4. The van der Waals surface area contributed by atoms with Crippen molar-refractivity contribution in [1.82, 2.24) is 0 Å². The van der Waals surface area contributed by atoms with E-state index in [2.05, 4.69) is 10.1 Å². The predicted octanol–water partition coefficient (Wildman–Crippen LogP) is 4.08. The molecule has 2 rings (SSSR count). The minimum absolute atomic E-state index is 0.0668. The molecule has 0 spiro atoms. The third-order valence-electron chi connectivity index (χ3n) is 2.91. The number of carbonyl (C=O) groups is 1. The van der Waals surface area contributed by atoms with Gasteiger partial charge in [-0.2, -0.15) is 0 Å². The van der Waals surface area contributed by atoms with Crippen molar-refractivity contribution in [1.29, 1.82) is 0 Å². The van der Waals surface area contributed by atoms with Crippen molar-refractivity contribution in [2.24, 2.45) is 0 Å². The Balaban J connectivity index is 1.85. The fourth-order valence-corrected chi connectivity index (χ4v) is 2.04. The third kappa shape index (κ3) is 4.64. The molecule has 1 aliphatic rings. The molecule has 1 amide bonds. The summed E-state index contributed by atoms with van der Waals surface area (Å²) in [5, 5.41) is 2.46. The van der Waals surface area contributed by atoms with Gasteiger partial charge in [0.25, 0.3) is 0 Å². The molecule has 0 aromatic heterocycles. The quantitative estimate of drug-likeness (QED) is 0.912. The number of hydrogen-bond acceptors (Lipinski definition) is 3. The Labute approximate surface area is 113 Å².